The Labute approximate surface area is 201 Å². The Kier molecular flexibility index (Phi) is 7.18. The number of aromatic nitrogens is 4. The third-order valence-electron chi connectivity index (χ3n) is 5.44. The maximum absolute atomic E-state index is 11.1. The maximum atomic E-state index is 11.1. The maximum Gasteiger partial charge on any atom is 0.307 e. The van der Waals surface area contributed by atoms with Crippen molar-refractivity contribution >= 4 is 11.9 Å². The molecule has 35 heavy (non-hydrogen) atoms. The first-order valence-corrected chi connectivity index (χ1v) is 10.9. The minimum atomic E-state index is -1.06. The van der Waals surface area contributed by atoms with Crippen molar-refractivity contribution in [2.45, 2.75) is 24.9 Å². The molecule has 0 aliphatic carbocycles. The summed E-state index contributed by atoms with van der Waals surface area (Å²) in [5, 5.41) is 21.7. The fourth-order valence-electron chi connectivity index (χ4n) is 3.82. The molecule has 3 N–H and O–H groups in total. The van der Waals surface area contributed by atoms with Crippen LogP contribution in [-0.4, -0.2) is 42.1 Å². The van der Waals surface area contributed by atoms with E-state index in [4.69, 9.17) is 10.2 Å². The highest BCUT2D eigenvalue weighted by Crippen LogP contribution is 2.34. The first kappa shape index (κ1) is 23.7. The van der Waals surface area contributed by atoms with Gasteiger partial charge < -0.3 is 10.2 Å². The van der Waals surface area contributed by atoms with Crippen molar-refractivity contribution in [1.29, 1.82) is 0 Å². The van der Waals surface area contributed by atoms with Crippen molar-refractivity contribution in [1.82, 2.24) is 25.3 Å². The van der Waals surface area contributed by atoms with E-state index in [1.54, 1.807) is 49.1 Å². The Bertz CT molecular complexity index is 1240. The van der Waals surface area contributed by atoms with Crippen LogP contribution in [-0.2, 0) is 34.5 Å². The molecule has 0 bridgehead atoms. The summed E-state index contributed by atoms with van der Waals surface area (Å²) >= 11 is 0. The summed E-state index contributed by atoms with van der Waals surface area (Å²) in [5.41, 5.74) is 2.71. The number of rotatable bonds is 10. The monoisotopic (exact) mass is 469 g/mol. The zero-order valence-electron chi connectivity index (χ0n) is 18.7. The normalized spacial score (nSPS) is 11.2. The average molecular weight is 470 g/mol. The average Bonchev–Trinajstić information content (AvgIpc) is 2.87. The van der Waals surface area contributed by atoms with Crippen LogP contribution in [0.4, 0.5) is 0 Å². The van der Waals surface area contributed by atoms with Crippen LogP contribution in [0.2, 0.25) is 0 Å². The van der Waals surface area contributed by atoms with E-state index in [1.807, 2.05) is 36.4 Å². The fourth-order valence-corrected chi connectivity index (χ4v) is 3.82. The summed E-state index contributed by atoms with van der Waals surface area (Å²) < 4.78 is 0. The van der Waals surface area contributed by atoms with E-state index in [-0.39, 0.29) is 12.8 Å². The largest absolute Gasteiger partial charge is 0.481 e. The lowest BCUT2D eigenvalue weighted by Gasteiger charge is -2.33. The van der Waals surface area contributed by atoms with Crippen LogP contribution < -0.4 is 5.32 Å². The third kappa shape index (κ3) is 5.53. The van der Waals surface area contributed by atoms with Crippen LogP contribution >= 0.6 is 0 Å². The van der Waals surface area contributed by atoms with E-state index < -0.39 is 17.5 Å². The second-order valence-corrected chi connectivity index (χ2v) is 7.88. The lowest BCUT2D eigenvalue weighted by molar-refractivity contribution is -0.137. The predicted molar refractivity (Wildman–Crippen MR) is 126 cm³/mol. The first-order chi connectivity index (χ1) is 17.0. The van der Waals surface area contributed by atoms with Crippen LogP contribution in [0.5, 0.6) is 0 Å². The first-order valence-electron chi connectivity index (χ1n) is 10.9. The molecule has 4 aromatic rings. The molecule has 0 fully saturated rings. The lowest BCUT2D eigenvalue weighted by Crippen LogP contribution is -2.46. The Morgan fingerprint density at radius 3 is 1.66 bits per heavy atom. The van der Waals surface area contributed by atoms with Crippen molar-refractivity contribution in [3.63, 3.8) is 0 Å². The van der Waals surface area contributed by atoms with E-state index in [2.05, 4.69) is 25.3 Å². The van der Waals surface area contributed by atoms with Gasteiger partial charge in [0.25, 0.3) is 0 Å². The van der Waals surface area contributed by atoms with Crippen LogP contribution in [0.25, 0.3) is 0 Å². The fraction of sp³-hybridized carbons (Fsp3) is 0.154. The van der Waals surface area contributed by atoms with Gasteiger partial charge >= 0.3 is 11.9 Å². The number of aliphatic carboxylic acids is 2. The van der Waals surface area contributed by atoms with Gasteiger partial charge in [-0.15, -0.1) is 0 Å². The van der Waals surface area contributed by atoms with Crippen LogP contribution in [0.15, 0.2) is 85.5 Å². The molecule has 4 aromatic heterocycles. The Balaban J connectivity index is 1.77. The van der Waals surface area contributed by atoms with Gasteiger partial charge in [-0.05, 0) is 47.5 Å². The molecule has 0 saturated carbocycles. The van der Waals surface area contributed by atoms with Gasteiger partial charge in [-0.1, -0.05) is 24.3 Å². The summed E-state index contributed by atoms with van der Waals surface area (Å²) in [5.74, 6) is -1.85. The van der Waals surface area contributed by atoms with Crippen LogP contribution in [0.3, 0.4) is 0 Å². The molecule has 4 rings (SSSR count). The number of carboxylic acids is 2. The number of hydrogen-bond acceptors (Lipinski definition) is 7. The highest BCUT2D eigenvalue weighted by Gasteiger charge is 2.40. The Morgan fingerprint density at radius 2 is 1.23 bits per heavy atom. The number of carbonyl (C=O) groups is 2. The molecule has 4 heterocycles. The van der Waals surface area contributed by atoms with E-state index in [1.165, 1.54) is 0 Å². The van der Waals surface area contributed by atoms with Gasteiger partial charge in [0, 0.05) is 31.3 Å². The summed E-state index contributed by atoms with van der Waals surface area (Å²) in [4.78, 5) is 40.4. The predicted octanol–water partition coefficient (Wildman–Crippen LogP) is 2.60. The van der Waals surface area contributed by atoms with Crippen molar-refractivity contribution in [2.75, 3.05) is 0 Å². The Morgan fingerprint density at radius 1 is 0.686 bits per heavy atom. The molecule has 0 spiro atoms. The van der Waals surface area contributed by atoms with Gasteiger partial charge in [-0.3, -0.25) is 34.8 Å². The molecule has 0 unspecified atom stereocenters. The molecule has 0 aliphatic rings. The number of carboxylic acid groups (broad SMARTS) is 2. The van der Waals surface area contributed by atoms with Gasteiger partial charge in [0.05, 0.1) is 35.6 Å². The third-order valence-corrected chi connectivity index (χ3v) is 5.44. The molecule has 0 saturated heterocycles. The molecule has 0 atom stereocenters. The van der Waals surface area contributed by atoms with Gasteiger partial charge in [0.1, 0.15) is 5.54 Å². The van der Waals surface area contributed by atoms with Gasteiger partial charge in [0.2, 0.25) is 0 Å². The van der Waals surface area contributed by atoms with Crippen LogP contribution in [0, 0.1) is 0 Å². The summed E-state index contributed by atoms with van der Waals surface area (Å²) in [7, 11) is 0. The highest BCUT2D eigenvalue weighted by molar-refractivity contribution is 5.70. The summed E-state index contributed by atoms with van der Waals surface area (Å²) in [6.45, 7) is 0.305. The SMILES string of the molecule is O=C(O)Cc1ccc(CNC(c2ccccn2)(c2ccccn2)c2ccc(CC(=O)O)cn2)nc1. The van der Waals surface area contributed by atoms with Crippen molar-refractivity contribution < 1.29 is 19.8 Å². The number of hydrogen-bond donors (Lipinski definition) is 3. The second-order valence-electron chi connectivity index (χ2n) is 7.88. The van der Waals surface area contributed by atoms with Gasteiger partial charge in [-0.2, -0.15) is 0 Å². The topological polar surface area (TPSA) is 138 Å². The van der Waals surface area contributed by atoms with E-state index in [0.717, 1.165) is 0 Å². The standard InChI is InChI=1S/C26H23N5O4/c32-24(33)13-18-7-9-20(29-15-18)17-31-26(21-5-1-3-11-27-21,22-6-2-4-12-28-22)23-10-8-19(16-30-23)14-25(34)35/h1-12,15-16,31H,13-14,17H2,(H,32,33)(H,34,35). The highest BCUT2D eigenvalue weighted by atomic mass is 16.4. The summed E-state index contributed by atoms with van der Waals surface area (Å²) in [6.07, 6.45) is 6.24. The van der Waals surface area contributed by atoms with Crippen LogP contribution in [0.1, 0.15) is 33.9 Å². The molecule has 0 radical (unpaired) electrons. The molecule has 176 valence electrons. The molecular weight excluding hydrogens is 446 g/mol. The van der Waals surface area contributed by atoms with E-state index in [9.17, 15) is 9.59 Å². The molecule has 9 heteroatoms. The zero-order chi connectivity index (χ0) is 24.7. The molecule has 9 nitrogen and oxygen atoms in total. The minimum Gasteiger partial charge on any atom is -0.481 e. The van der Waals surface area contributed by atoms with E-state index in [0.29, 0.717) is 40.4 Å². The summed E-state index contributed by atoms with van der Waals surface area (Å²) in [6, 6.07) is 18.2. The second kappa shape index (κ2) is 10.6. The number of nitrogens with one attached hydrogen (secondary N) is 1. The Hall–Kier alpha value is -4.50. The molecule has 0 aliphatic heterocycles. The lowest BCUT2D eigenvalue weighted by atomic mass is 9.85. The molecular formula is C26H23N5O4. The number of pyridine rings is 4. The smallest absolute Gasteiger partial charge is 0.307 e. The molecule has 0 amide bonds. The van der Waals surface area contributed by atoms with E-state index >= 15 is 0 Å². The van der Waals surface area contributed by atoms with Crippen molar-refractivity contribution in [3.05, 3.63) is 119 Å². The van der Waals surface area contributed by atoms with Crippen molar-refractivity contribution in [3.8, 4) is 0 Å². The zero-order valence-corrected chi connectivity index (χ0v) is 18.7. The quantitative estimate of drug-likeness (QED) is 0.320. The minimum absolute atomic E-state index is 0.0981. The van der Waals surface area contributed by atoms with Gasteiger partial charge in [-0.25, -0.2) is 0 Å². The number of nitrogens with zero attached hydrogens (tertiary/aromatic N) is 4. The van der Waals surface area contributed by atoms with Gasteiger partial charge in [0.15, 0.2) is 0 Å². The molecule has 0 aromatic carbocycles. The van der Waals surface area contributed by atoms with Crippen molar-refractivity contribution in [2.24, 2.45) is 0 Å².